The number of likely N-dealkylation sites (N-methyl/N-ethyl adjacent to an activating group) is 1. The molecular formula is C14H18N2O4. The molecule has 1 aliphatic carbocycles. The number of nitrogens with two attached hydrogens (primary N) is 1. The molecule has 0 aromatic heterocycles. The smallest absolute Gasteiger partial charge is 0.335 e. The Hall–Kier alpha value is -2.24. The van der Waals surface area contributed by atoms with Gasteiger partial charge >= 0.3 is 5.97 Å². The number of hydrogen-bond acceptors (Lipinski definition) is 4. The molecule has 3 N–H and O–H groups in total. The summed E-state index contributed by atoms with van der Waals surface area (Å²) in [4.78, 5) is 24.7. The number of aromatic carboxylic acids is 1. The molecule has 2 rings (SSSR count). The zero-order valence-electron chi connectivity index (χ0n) is 11.3. The first-order valence-corrected chi connectivity index (χ1v) is 6.58. The third-order valence-electron chi connectivity index (χ3n) is 3.26. The van der Waals surface area contributed by atoms with Crippen LogP contribution in [0.25, 0.3) is 0 Å². The van der Waals surface area contributed by atoms with Crippen molar-refractivity contribution in [1.29, 1.82) is 0 Å². The predicted molar refractivity (Wildman–Crippen MR) is 73.7 cm³/mol. The maximum Gasteiger partial charge on any atom is 0.335 e. The van der Waals surface area contributed by atoms with Crippen molar-refractivity contribution < 1.29 is 19.4 Å². The first-order chi connectivity index (χ1) is 9.52. The molecule has 0 unspecified atom stereocenters. The molecule has 0 atom stereocenters. The second-order valence-electron chi connectivity index (χ2n) is 4.76. The van der Waals surface area contributed by atoms with E-state index in [9.17, 15) is 9.59 Å². The van der Waals surface area contributed by atoms with Crippen molar-refractivity contribution in [3.8, 4) is 5.75 Å². The van der Waals surface area contributed by atoms with Gasteiger partial charge in [-0.2, -0.15) is 0 Å². The van der Waals surface area contributed by atoms with Crippen molar-refractivity contribution in [1.82, 2.24) is 4.90 Å². The highest BCUT2D eigenvalue weighted by molar-refractivity contribution is 5.89. The Morgan fingerprint density at radius 1 is 1.45 bits per heavy atom. The number of carboxylic acids is 1. The van der Waals surface area contributed by atoms with E-state index in [4.69, 9.17) is 15.6 Å². The van der Waals surface area contributed by atoms with Gasteiger partial charge in [0.1, 0.15) is 5.75 Å². The summed E-state index contributed by atoms with van der Waals surface area (Å²) in [5.41, 5.74) is 6.11. The van der Waals surface area contributed by atoms with Gasteiger partial charge < -0.3 is 20.5 Å². The van der Waals surface area contributed by atoms with Gasteiger partial charge in [0.15, 0.2) is 6.61 Å². The average molecular weight is 278 g/mol. The van der Waals surface area contributed by atoms with E-state index in [2.05, 4.69) is 0 Å². The Labute approximate surface area is 117 Å². The van der Waals surface area contributed by atoms with Crippen LogP contribution in [-0.4, -0.2) is 41.1 Å². The number of hydrogen-bond donors (Lipinski definition) is 2. The van der Waals surface area contributed by atoms with Crippen LogP contribution >= 0.6 is 0 Å². The Balaban J connectivity index is 2.01. The number of anilines is 1. The van der Waals surface area contributed by atoms with Crippen LogP contribution in [0.3, 0.4) is 0 Å². The van der Waals surface area contributed by atoms with Gasteiger partial charge in [-0.15, -0.1) is 0 Å². The van der Waals surface area contributed by atoms with Crippen LogP contribution < -0.4 is 10.5 Å². The van der Waals surface area contributed by atoms with Gasteiger partial charge in [-0.3, -0.25) is 4.79 Å². The fraction of sp³-hybridized carbons (Fsp3) is 0.429. The molecule has 6 nitrogen and oxygen atoms in total. The van der Waals surface area contributed by atoms with Crippen LogP contribution in [0.15, 0.2) is 18.2 Å². The number of nitrogen functional groups attached to an aromatic ring is 1. The van der Waals surface area contributed by atoms with E-state index in [-0.39, 0.29) is 23.8 Å². The zero-order chi connectivity index (χ0) is 14.7. The molecule has 6 heteroatoms. The van der Waals surface area contributed by atoms with E-state index in [0.29, 0.717) is 18.3 Å². The Kier molecular flexibility index (Phi) is 4.12. The number of nitrogens with zero attached hydrogens (tertiary/aromatic N) is 1. The Morgan fingerprint density at radius 3 is 2.70 bits per heavy atom. The van der Waals surface area contributed by atoms with Gasteiger partial charge in [0.2, 0.25) is 0 Å². The minimum absolute atomic E-state index is 0.0798. The third-order valence-corrected chi connectivity index (χ3v) is 3.26. The van der Waals surface area contributed by atoms with Gasteiger partial charge in [0, 0.05) is 12.6 Å². The van der Waals surface area contributed by atoms with Gasteiger partial charge in [-0.25, -0.2) is 4.79 Å². The number of benzene rings is 1. The predicted octanol–water partition coefficient (Wildman–Crippen LogP) is 1.36. The summed E-state index contributed by atoms with van der Waals surface area (Å²) in [6.07, 6.45) is 2.08. The molecule has 0 spiro atoms. The fourth-order valence-electron chi connectivity index (χ4n) is 2.04. The molecule has 0 aliphatic heterocycles. The number of ether oxygens (including phenoxy) is 1. The van der Waals surface area contributed by atoms with E-state index >= 15 is 0 Å². The summed E-state index contributed by atoms with van der Waals surface area (Å²) < 4.78 is 5.37. The normalized spacial score (nSPS) is 13.8. The van der Waals surface area contributed by atoms with Crippen LogP contribution in [0.4, 0.5) is 5.69 Å². The minimum Gasteiger partial charge on any atom is -0.482 e. The van der Waals surface area contributed by atoms with Gasteiger partial charge in [0.25, 0.3) is 5.91 Å². The molecular weight excluding hydrogens is 260 g/mol. The van der Waals surface area contributed by atoms with Crippen molar-refractivity contribution in [2.24, 2.45) is 0 Å². The first-order valence-electron chi connectivity index (χ1n) is 6.58. The summed E-state index contributed by atoms with van der Waals surface area (Å²) in [5, 5.41) is 8.91. The molecule has 1 aromatic carbocycles. The van der Waals surface area contributed by atoms with Gasteiger partial charge in [-0.05, 0) is 38.0 Å². The Morgan fingerprint density at radius 2 is 2.15 bits per heavy atom. The van der Waals surface area contributed by atoms with Crippen molar-refractivity contribution in [3.63, 3.8) is 0 Å². The molecule has 20 heavy (non-hydrogen) atoms. The maximum absolute atomic E-state index is 12.0. The fourth-order valence-corrected chi connectivity index (χ4v) is 2.04. The number of carbonyl (C=O) groups is 2. The third kappa shape index (κ3) is 3.20. The first kappa shape index (κ1) is 14.2. The van der Waals surface area contributed by atoms with E-state index < -0.39 is 5.97 Å². The molecule has 0 saturated heterocycles. The second kappa shape index (κ2) is 5.81. The Bertz CT molecular complexity index is 526. The zero-order valence-corrected chi connectivity index (χ0v) is 11.3. The van der Waals surface area contributed by atoms with Crippen molar-refractivity contribution >= 4 is 17.6 Å². The van der Waals surface area contributed by atoms with E-state index in [0.717, 1.165) is 12.8 Å². The largest absolute Gasteiger partial charge is 0.482 e. The highest BCUT2D eigenvalue weighted by Gasteiger charge is 2.31. The summed E-state index contributed by atoms with van der Waals surface area (Å²) in [6.45, 7) is 2.45. The lowest BCUT2D eigenvalue weighted by molar-refractivity contribution is -0.133. The number of carboxylic acid groups (broad SMARTS) is 1. The van der Waals surface area contributed by atoms with E-state index in [1.54, 1.807) is 4.90 Å². The van der Waals surface area contributed by atoms with Crippen LogP contribution in [0, 0.1) is 0 Å². The highest BCUT2D eigenvalue weighted by Crippen LogP contribution is 2.27. The van der Waals surface area contributed by atoms with Crippen molar-refractivity contribution in [2.45, 2.75) is 25.8 Å². The lowest BCUT2D eigenvalue weighted by atomic mass is 10.2. The van der Waals surface area contributed by atoms with Crippen LogP contribution in [0.1, 0.15) is 30.1 Å². The average Bonchev–Trinajstić information content (AvgIpc) is 3.23. The molecule has 0 radical (unpaired) electrons. The SMILES string of the molecule is CCN(C(=O)COc1cc(C(=O)O)ccc1N)C1CC1. The quantitative estimate of drug-likeness (QED) is 0.766. The molecule has 1 aromatic rings. The van der Waals surface area contributed by atoms with E-state index in [1.807, 2.05) is 6.92 Å². The highest BCUT2D eigenvalue weighted by atomic mass is 16.5. The van der Waals surface area contributed by atoms with Crippen molar-refractivity contribution in [3.05, 3.63) is 23.8 Å². The number of amides is 1. The standard InChI is InChI=1S/C14H18N2O4/c1-2-16(10-4-5-10)13(17)8-20-12-7-9(14(18)19)3-6-11(12)15/h3,6-7,10H,2,4-5,8,15H2,1H3,(H,18,19). The lowest BCUT2D eigenvalue weighted by Gasteiger charge is -2.20. The molecule has 1 amide bonds. The van der Waals surface area contributed by atoms with Crippen LogP contribution in [0.5, 0.6) is 5.75 Å². The number of rotatable bonds is 6. The lowest BCUT2D eigenvalue weighted by Crippen LogP contribution is -2.36. The second-order valence-corrected chi connectivity index (χ2v) is 4.76. The molecule has 1 fully saturated rings. The number of carbonyl (C=O) groups excluding carboxylic acids is 1. The topological polar surface area (TPSA) is 92.9 Å². The van der Waals surface area contributed by atoms with Gasteiger partial charge in [0.05, 0.1) is 11.3 Å². The van der Waals surface area contributed by atoms with Crippen molar-refractivity contribution in [2.75, 3.05) is 18.9 Å². The van der Waals surface area contributed by atoms with Crippen LogP contribution in [-0.2, 0) is 4.79 Å². The van der Waals surface area contributed by atoms with E-state index in [1.165, 1.54) is 18.2 Å². The molecule has 0 bridgehead atoms. The molecule has 1 saturated carbocycles. The summed E-state index contributed by atoms with van der Waals surface area (Å²) in [7, 11) is 0. The van der Waals surface area contributed by atoms with Crippen LogP contribution in [0.2, 0.25) is 0 Å². The maximum atomic E-state index is 12.0. The summed E-state index contributed by atoms with van der Waals surface area (Å²) in [5.74, 6) is -0.936. The van der Waals surface area contributed by atoms with Gasteiger partial charge in [-0.1, -0.05) is 0 Å². The summed E-state index contributed by atoms with van der Waals surface area (Å²) >= 11 is 0. The molecule has 0 heterocycles. The molecule has 108 valence electrons. The molecule has 1 aliphatic rings. The monoisotopic (exact) mass is 278 g/mol. The minimum atomic E-state index is -1.06. The summed E-state index contributed by atoms with van der Waals surface area (Å²) in [6, 6.07) is 4.52.